The number of halogens is 1. The van der Waals surface area contributed by atoms with Crippen LogP contribution in [0, 0.1) is 10.1 Å². The average Bonchev–Trinajstić information content (AvgIpc) is 2.65. The first kappa shape index (κ1) is 22.6. The molecule has 146 valence electrons. The zero-order valence-corrected chi connectivity index (χ0v) is 17.6. The monoisotopic (exact) mass is 476 g/mol. The molecule has 1 aromatic carbocycles. The molecule has 2 rings (SSSR count). The minimum Gasteiger partial charge on any atom is -0.378 e. The van der Waals surface area contributed by atoms with Crippen molar-refractivity contribution in [1.29, 1.82) is 0 Å². The van der Waals surface area contributed by atoms with Gasteiger partial charge >= 0.3 is 0 Å². The fourth-order valence-electron chi connectivity index (χ4n) is 2.95. The second-order valence-electron chi connectivity index (χ2n) is 6.26. The van der Waals surface area contributed by atoms with Crippen molar-refractivity contribution in [2.75, 3.05) is 20.2 Å². The lowest BCUT2D eigenvalue weighted by molar-refractivity contribution is -0.384. The number of nitrogens with zero attached hydrogens (tertiary/aromatic N) is 2. The molecule has 0 spiro atoms. The summed E-state index contributed by atoms with van der Waals surface area (Å²) in [6, 6.07) is 6.60. The fraction of sp³-hybridized carbons (Fsp3) is 0.611. The van der Waals surface area contributed by atoms with E-state index >= 15 is 0 Å². The van der Waals surface area contributed by atoms with E-state index in [1.165, 1.54) is 38.2 Å². The molecule has 0 heterocycles. The Morgan fingerprint density at radius 2 is 2.08 bits per heavy atom. The summed E-state index contributed by atoms with van der Waals surface area (Å²) in [6.45, 7) is 2.03. The lowest BCUT2D eigenvalue weighted by Crippen LogP contribution is -2.37. The highest BCUT2D eigenvalue weighted by Gasteiger charge is 2.13. The molecule has 7 nitrogen and oxygen atoms in total. The molecule has 0 unspecified atom stereocenters. The van der Waals surface area contributed by atoms with Crippen molar-refractivity contribution >= 4 is 35.6 Å². The first-order valence-corrected chi connectivity index (χ1v) is 8.98. The van der Waals surface area contributed by atoms with Crippen molar-refractivity contribution in [2.45, 2.75) is 51.2 Å². The van der Waals surface area contributed by atoms with E-state index in [1.54, 1.807) is 19.2 Å². The zero-order valence-electron chi connectivity index (χ0n) is 15.3. The van der Waals surface area contributed by atoms with E-state index in [-0.39, 0.29) is 34.6 Å². The van der Waals surface area contributed by atoms with Crippen LogP contribution in [0.25, 0.3) is 0 Å². The second kappa shape index (κ2) is 12.9. The highest BCUT2D eigenvalue weighted by atomic mass is 127. The third-order valence-corrected chi connectivity index (χ3v) is 4.32. The SMILES string of the molecule is CN=C(NCCCOC1CCCCC1)NCc1cccc([N+](=O)[O-])c1.I. The lowest BCUT2D eigenvalue weighted by Gasteiger charge is -2.22. The van der Waals surface area contributed by atoms with E-state index in [4.69, 9.17) is 4.74 Å². The van der Waals surface area contributed by atoms with Crippen LogP contribution < -0.4 is 10.6 Å². The van der Waals surface area contributed by atoms with Crippen LogP contribution in [0.15, 0.2) is 29.3 Å². The number of guanidine groups is 1. The number of benzene rings is 1. The van der Waals surface area contributed by atoms with Crippen molar-refractivity contribution in [2.24, 2.45) is 4.99 Å². The van der Waals surface area contributed by atoms with Crippen LogP contribution in [0.5, 0.6) is 0 Å². The molecule has 0 amide bonds. The van der Waals surface area contributed by atoms with Gasteiger partial charge in [-0.15, -0.1) is 24.0 Å². The minimum absolute atomic E-state index is 0. The maximum Gasteiger partial charge on any atom is 0.269 e. The summed E-state index contributed by atoms with van der Waals surface area (Å²) >= 11 is 0. The van der Waals surface area contributed by atoms with Gasteiger partial charge in [0.15, 0.2) is 5.96 Å². The number of hydrogen-bond donors (Lipinski definition) is 2. The fourth-order valence-corrected chi connectivity index (χ4v) is 2.95. The molecule has 0 aromatic heterocycles. The first-order valence-electron chi connectivity index (χ1n) is 8.98. The van der Waals surface area contributed by atoms with Crippen molar-refractivity contribution in [1.82, 2.24) is 10.6 Å². The van der Waals surface area contributed by atoms with E-state index in [0.717, 1.165) is 25.1 Å². The molecule has 0 bridgehead atoms. The van der Waals surface area contributed by atoms with Gasteiger partial charge in [0.05, 0.1) is 11.0 Å². The van der Waals surface area contributed by atoms with Crippen LogP contribution >= 0.6 is 24.0 Å². The Hall–Kier alpha value is -1.42. The summed E-state index contributed by atoms with van der Waals surface area (Å²) in [5.41, 5.74) is 0.944. The number of nitro benzene ring substituents is 1. The van der Waals surface area contributed by atoms with Gasteiger partial charge in [0, 0.05) is 38.9 Å². The molecule has 1 aliphatic carbocycles. The first-order chi connectivity index (χ1) is 12.2. The largest absolute Gasteiger partial charge is 0.378 e. The molecule has 0 saturated heterocycles. The van der Waals surface area contributed by atoms with Gasteiger partial charge in [0.25, 0.3) is 5.69 Å². The van der Waals surface area contributed by atoms with E-state index in [2.05, 4.69) is 15.6 Å². The average molecular weight is 476 g/mol. The smallest absolute Gasteiger partial charge is 0.269 e. The number of nitrogens with one attached hydrogen (secondary N) is 2. The predicted octanol–water partition coefficient (Wildman–Crippen LogP) is 3.62. The maximum absolute atomic E-state index is 10.8. The van der Waals surface area contributed by atoms with Gasteiger partial charge in [-0.1, -0.05) is 31.4 Å². The second-order valence-corrected chi connectivity index (χ2v) is 6.26. The van der Waals surface area contributed by atoms with Crippen LogP contribution in [0.4, 0.5) is 5.69 Å². The third-order valence-electron chi connectivity index (χ3n) is 4.32. The molecule has 2 N–H and O–H groups in total. The zero-order chi connectivity index (χ0) is 17.9. The van der Waals surface area contributed by atoms with Crippen molar-refractivity contribution in [3.05, 3.63) is 39.9 Å². The third kappa shape index (κ3) is 8.31. The van der Waals surface area contributed by atoms with Crippen LogP contribution in [0.3, 0.4) is 0 Å². The van der Waals surface area contributed by atoms with Crippen LogP contribution in [0.1, 0.15) is 44.1 Å². The normalized spacial score (nSPS) is 15.2. The Morgan fingerprint density at radius 3 is 2.77 bits per heavy atom. The standard InChI is InChI=1S/C18H28N4O3.HI/c1-19-18(20-11-6-12-25-17-9-3-2-4-10-17)21-14-15-7-5-8-16(13-15)22(23)24;/h5,7-8,13,17H,2-4,6,9-12,14H2,1H3,(H2,19,20,21);1H. The molecule has 1 saturated carbocycles. The van der Waals surface area contributed by atoms with Gasteiger partial charge in [-0.2, -0.15) is 0 Å². The quantitative estimate of drug-likeness (QED) is 0.150. The lowest BCUT2D eigenvalue weighted by atomic mass is 9.98. The molecular formula is C18H29IN4O3. The molecule has 1 fully saturated rings. The number of rotatable bonds is 8. The Bertz CT molecular complexity index is 577. The van der Waals surface area contributed by atoms with Crippen LogP contribution in [0.2, 0.25) is 0 Å². The van der Waals surface area contributed by atoms with Gasteiger partial charge in [-0.3, -0.25) is 15.1 Å². The minimum atomic E-state index is -0.386. The number of nitro groups is 1. The van der Waals surface area contributed by atoms with Gasteiger partial charge in [-0.25, -0.2) is 0 Å². The van der Waals surface area contributed by atoms with Crippen molar-refractivity contribution in [3.8, 4) is 0 Å². The molecule has 1 aromatic rings. The highest BCUT2D eigenvalue weighted by molar-refractivity contribution is 14.0. The Labute approximate surface area is 172 Å². The van der Waals surface area contributed by atoms with E-state index in [9.17, 15) is 10.1 Å². The van der Waals surface area contributed by atoms with Gasteiger partial charge in [0.1, 0.15) is 0 Å². The molecular weight excluding hydrogens is 447 g/mol. The van der Waals surface area contributed by atoms with Gasteiger partial charge < -0.3 is 15.4 Å². The van der Waals surface area contributed by atoms with E-state index in [0.29, 0.717) is 18.6 Å². The van der Waals surface area contributed by atoms with Crippen LogP contribution in [-0.4, -0.2) is 37.2 Å². The summed E-state index contributed by atoms with van der Waals surface area (Å²) < 4.78 is 5.90. The van der Waals surface area contributed by atoms with Crippen molar-refractivity contribution in [3.63, 3.8) is 0 Å². The maximum atomic E-state index is 10.8. The predicted molar refractivity (Wildman–Crippen MR) is 114 cm³/mol. The van der Waals surface area contributed by atoms with E-state index in [1.807, 2.05) is 6.07 Å². The molecule has 8 heteroatoms. The number of non-ortho nitro benzene ring substituents is 1. The Balaban J connectivity index is 0.00000338. The Morgan fingerprint density at radius 1 is 1.31 bits per heavy atom. The van der Waals surface area contributed by atoms with Crippen LogP contribution in [-0.2, 0) is 11.3 Å². The summed E-state index contributed by atoms with van der Waals surface area (Å²) in [6.07, 6.45) is 7.68. The number of ether oxygens (including phenoxy) is 1. The van der Waals surface area contributed by atoms with Crippen molar-refractivity contribution < 1.29 is 9.66 Å². The number of aliphatic imine (C=N–C) groups is 1. The molecule has 0 radical (unpaired) electrons. The Kier molecular flexibility index (Phi) is 11.2. The van der Waals surface area contributed by atoms with Gasteiger partial charge in [0.2, 0.25) is 0 Å². The molecule has 0 aliphatic heterocycles. The molecule has 1 aliphatic rings. The van der Waals surface area contributed by atoms with Gasteiger partial charge in [-0.05, 0) is 24.8 Å². The number of hydrogen-bond acceptors (Lipinski definition) is 4. The summed E-state index contributed by atoms with van der Waals surface area (Å²) in [4.78, 5) is 14.6. The molecule has 26 heavy (non-hydrogen) atoms. The summed E-state index contributed by atoms with van der Waals surface area (Å²) in [5.74, 6) is 0.684. The highest BCUT2D eigenvalue weighted by Crippen LogP contribution is 2.20. The van der Waals surface area contributed by atoms with E-state index < -0.39 is 0 Å². The summed E-state index contributed by atoms with van der Waals surface area (Å²) in [5, 5.41) is 17.2. The molecule has 0 atom stereocenters. The summed E-state index contributed by atoms with van der Waals surface area (Å²) in [7, 11) is 1.71. The topological polar surface area (TPSA) is 88.8 Å².